The molecular formula is C25H15Cl2F3N2OS. The molecule has 0 spiro atoms. The average Bonchev–Trinajstić information content (AvgIpc) is 3.35. The van der Waals surface area contributed by atoms with Gasteiger partial charge in [-0.2, -0.15) is 18.4 Å². The van der Waals surface area contributed by atoms with Crippen LogP contribution in [0.5, 0.6) is 0 Å². The Morgan fingerprint density at radius 2 is 1.79 bits per heavy atom. The van der Waals surface area contributed by atoms with Gasteiger partial charge in [0.2, 0.25) is 0 Å². The molecule has 172 valence electrons. The standard InChI is InChI=1S/C25H15Cl2F3N2OS/c26-21-8-5-15(9-22(21)27)13-33-24(23-12-32-14-34-23)16-6-7-17(11-31)19(10-16)18-3-1-2-4-20(18)25(28,29)30/h1-10,12,14,24H,13H2. The van der Waals surface area contributed by atoms with Crippen LogP contribution in [0.2, 0.25) is 10.0 Å². The Hall–Kier alpha value is -2.89. The van der Waals surface area contributed by atoms with Crippen molar-refractivity contribution in [3.63, 3.8) is 0 Å². The molecule has 4 aromatic rings. The van der Waals surface area contributed by atoms with Crippen LogP contribution in [-0.4, -0.2) is 4.98 Å². The maximum atomic E-state index is 13.7. The fourth-order valence-corrected chi connectivity index (χ4v) is 4.53. The lowest BCUT2D eigenvalue weighted by Crippen LogP contribution is -2.09. The predicted molar refractivity (Wildman–Crippen MR) is 127 cm³/mol. The summed E-state index contributed by atoms with van der Waals surface area (Å²) in [7, 11) is 0. The lowest BCUT2D eigenvalue weighted by molar-refractivity contribution is -0.137. The van der Waals surface area contributed by atoms with Crippen molar-refractivity contribution in [3.8, 4) is 17.2 Å². The fourth-order valence-electron chi connectivity index (χ4n) is 3.52. The van der Waals surface area contributed by atoms with E-state index < -0.39 is 17.8 Å². The summed E-state index contributed by atoms with van der Waals surface area (Å²) >= 11 is 13.4. The molecule has 0 radical (unpaired) electrons. The number of halogens is 5. The van der Waals surface area contributed by atoms with Gasteiger partial charge >= 0.3 is 6.18 Å². The molecule has 0 amide bonds. The van der Waals surface area contributed by atoms with Crippen LogP contribution in [0.1, 0.15) is 33.2 Å². The van der Waals surface area contributed by atoms with Crippen LogP contribution < -0.4 is 0 Å². The molecule has 1 aromatic heterocycles. The molecule has 1 unspecified atom stereocenters. The number of rotatable bonds is 6. The molecule has 0 aliphatic heterocycles. The van der Waals surface area contributed by atoms with E-state index in [4.69, 9.17) is 27.9 Å². The summed E-state index contributed by atoms with van der Waals surface area (Å²) in [6, 6.07) is 17.1. The Balaban J connectivity index is 1.76. The first kappa shape index (κ1) is 24.2. The first-order chi connectivity index (χ1) is 16.3. The van der Waals surface area contributed by atoms with Gasteiger partial charge in [-0.15, -0.1) is 11.3 Å². The van der Waals surface area contributed by atoms with Crippen LogP contribution in [0.3, 0.4) is 0 Å². The number of nitriles is 1. The highest BCUT2D eigenvalue weighted by atomic mass is 35.5. The van der Waals surface area contributed by atoms with E-state index in [1.165, 1.54) is 35.6 Å². The normalized spacial score (nSPS) is 12.4. The molecule has 3 nitrogen and oxygen atoms in total. The molecule has 9 heteroatoms. The maximum Gasteiger partial charge on any atom is 0.417 e. The predicted octanol–water partition coefficient (Wildman–Crippen LogP) is 8.31. The molecule has 0 saturated carbocycles. The van der Waals surface area contributed by atoms with Crippen LogP contribution in [-0.2, 0) is 17.5 Å². The lowest BCUT2D eigenvalue weighted by Gasteiger charge is -2.20. The molecule has 3 aromatic carbocycles. The summed E-state index contributed by atoms with van der Waals surface area (Å²) in [5.41, 5.74) is 2.45. The molecule has 0 N–H and O–H groups in total. The second-order valence-electron chi connectivity index (χ2n) is 7.30. The zero-order valence-electron chi connectivity index (χ0n) is 17.3. The highest BCUT2D eigenvalue weighted by Gasteiger charge is 2.34. The van der Waals surface area contributed by atoms with E-state index in [1.54, 1.807) is 42.0 Å². The van der Waals surface area contributed by atoms with Crippen molar-refractivity contribution in [2.45, 2.75) is 18.9 Å². The summed E-state index contributed by atoms with van der Waals surface area (Å²) in [6.07, 6.45) is -3.54. The van der Waals surface area contributed by atoms with Crippen LogP contribution in [0.25, 0.3) is 11.1 Å². The van der Waals surface area contributed by atoms with Gasteiger partial charge in [-0.25, -0.2) is 0 Å². The molecular weight excluding hydrogens is 504 g/mol. The number of hydrogen-bond donors (Lipinski definition) is 0. The molecule has 1 heterocycles. The minimum absolute atomic E-state index is 0.0686. The Kier molecular flexibility index (Phi) is 7.24. The minimum Gasteiger partial charge on any atom is -0.363 e. The van der Waals surface area contributed by atoms with Gasteiger partial charge in [0.15, 0.2) is 0 Å². The molecule has 0 aliphatic carbocycles. The zero-order chi connectivity index (χ0) is 24.3. The van der Waals surface area contributed by atoms with Crippen LogP contribution in [0.15, 0.2) is 72.4 Å². The van der Waals surface area contributed by atoms with Crippen molar-refractivity contribution in [3.05, 3.63) is 110 Å². The van der Waals surface area contributed by atoms with Gasteiger partial charge in [-0.3, -0.25) is 4.98 Å². The van der Waals surface area contributed by atoms with Gasteiger partial charge in [0.05, 0.1) is 44.2 Å². The van der Waals surface area contributed by atoms with E-state index in [2.05, 4.69) is 4.98 Å². The van der Waals surface area contributed by atoms with E-state index in [0.717, 1.165) is 16.5 Å². The van der Waals surface area contributed by atoms with E-state index in [-0.39, 0.29) is 23.3 Å². The third kappa shape index (κ3) is 5.26. The Bertz CT molecular complexity index is 1350. The fraction of sp³-hybridized carbons (Fsp3) is 0.120. The number of thiazole rings is 1. The Labute approximate surface area is 208 Å². The first-order valence-electron chi connectivity index (χ1n) is 9.92. The van der Waals surface area contributed by atoms with E-state index in [0.29, 0.717) is 15.6 Å². The largest absolute Gasteiger partial charge is 0.417 e. The monoisotopic (exact) mass is 518 g/mol. The second kappa shape index (κ2) is 10.2. The number of nitrogens with zero attached hydrogens (tertiary/aromatic N) is 2. The number of alkyl halides is 3. The summed E-state index contributed by atoms with van der Waals surface area (Å²) in [5, 5.41) is 10.4. The van der Waals surface area contributed by atoms with Gasteiger partial charge in [0.1, 0.15) is 6.10 Å². The quantitative estimate of drug-likeness (QED) is 0.257. The zero-order valence-corrected chi connectivity index (χ0v) is 19.6. The van der Waals surface area contributed by atoms with Crippen LogP contribution in [0.4, 0.5) is 13.2 Å². The van der Waals surface area contributed by atoms with Crippen LogP contribution >= 0.6 is 34.5 Å². The highest BCUT2D eigenvalue weighted by molar-refractivity contribution is 7.09. The van der Waals surface area contributed by atoms with Crippen molar-refractivity contribution in [2.75, 3.05) is 0 Å². The molecule has 0 fully saturated rings. The smallest absolute Gasteiger partial charge is 0.363 e. The van der Waals surface area contributed by atoms with E-state index >= 15 is 0 Å². The van der Waals surface area contributed by atoms with E-state index in [1.807, 2.05) is 6.07 Å². The molecule has 0 saturated heterocycles. The Morgan fingerprint density at radius 1 is 1.00 bits per heavy atom. The van der Waals surface area contributed by atoms with Crippen molar-refractivity contribution >= 4 is 34.5 Å². The molecule has 0 bridgehead atoms. The number of ether oxygens (including phenoxy) is 1. The van der Waals surface area contributed by atoms with Crippen molar-refractivity contribution in [2.24, 2.45) is 0 Å². The topological polar surface area (TPSA) is 45.9 Å². The molecule has 34 heavy (non-hydrogen) atoms. The van der Waals surface area contributed by atoms with Gasteiger partial charge in [0, 0.05) is 11.8 Å². The highest BCUT2D eigenvalue weighted by Crippen LogP contribution is 2.40. The minimum atomic E-state index is -4.57. The van der Waals surface area contributed by atoms with Gasteiger partial charge < -0.3 is 4.74 Å². The number of benzene rings is 3. The maximum absolute atomic E-state index is 13.7. The van der Waals surface area contributed by atoms with Gasteiger partial charge in [-0.05, 0) is 47.0 Å². The summed E-state index contributed by atoms with van der Waals surface area (Å²) in [4.78, 5) is 4.87. The third-order valence-corrected chi connectivity index (χ3v) is 6.66. The van der Waals surface area contributed by atoms with Crippen molar-refractivity contribution in [1.82, 2.24) is 4.98 Å². The Morgan fingerprint density at radius 3 is 2.47 bits per heavy atom. The second-order valence-corrected chi connectivity index (χ2v) is 9.04. The average molecular weight is 519 g/mol. The van der Waals surface area contributed by atoms with Gasteiger partial charge in [0.25, 0.3) is 0 Å². The van der Waals surface area contributed by atoms with Crippen molar-refractivity contribution < 1.29 is 17.9 Å². The molecule has 4 rings (SSSR count). The summed E-state index contributed by atoms with van der Waals surface area (Å²) in [5.74, 6) is 0. The first-order valence-corrected chi connectivity index (χ1v) is 11.6. The number of hydrogen-bond acceptors (Lipinski definition) is 4. The van der Waals surface area contributed by atoms with Crippen molar-refractivity contribution in [1.29, 1.82) is 5.26 Å². The van der Waals surface area contributed by atoms with Gasteiger partial charge in [-0.1, -0.05) is 53.5 Å². The van der Waals surface area contributed by atoms with E-state index in [9.17, 15) is 18.4 Å². The SMILES string of the molecule is N#Cc1ccc(C(OCc2ccc(Cl)c(Cl)c2)c2cncs2)cc1-c1ccccc1C(F)(F)F. The lowest BCUT2D eigenvalue weighted by atomic mass is 9.92. The molecule has 1 atom stereocenters. The summed E-state index contributed by atoms with van der Waals surface area (Å²) in [6.45, 7) is 0.175. The van der Waals surface area contributed by atoms with Crippen LogP contribution in [0, 0.1) is 11.3 Å². The summed E-state index contributed by atoms with van der Waals surface area (Å²) < 4.78 is 47.2. The molecule has 0 aliphatic rings. The number of aromatic nitrogens is 1. The third-order valence-electron chi connectivity index (χ3n) is 5.10.